The minimum absolute atomic E-state index is 0.0202. The van der Waals surface area contributed by atoms with Crippen molar-refractivity contribution in [2.24, 2.45) is 5.73 Å². The first kappa shape index (κ1) is 15.0. The van der Waals surface area contributed by atoms with Crippen LogP contribution in [0.1, 0.15) is 18.3 Å². The van der Waals surface area contributed by atoms with E-state index in [1.807, 2.05) is 6.92 Å². The number of hydrogen-bond donors (Lipinski definition) is 3. The Labute approximate surface area is 122 Å². The van der Waals surface area contributed by atoms with Gasteiger partial charge < -0.3 is 10.7 Å². The molecule has 0 saturated carbocycles. The van der Waals surface area contributed by atoms with Crippen LogP contribution in [0.5, 0.6) is 0 Å². The zero-order valence-electron chi connectivity index (χ0n) is 11.5. The number of sulfonamides is 1. The average molecular weight is 308 g/mol. The maximum absolute atomic E-state index is 12.3. The highest BCUT2D eigenvalue weighted by atomic mass is 32.2. The van der Waals surface area contributed by atoms with Crippen LogP contribution in [0, 0.1) is 0 Å². The highest BCUT2D eigenvalue weighted by Gasteiger charge is 2.18. The fraction of sp³-hybridized carbons (Fsp3) is 0.231. The summed E-state index contributed by atoms with van der Waals surface area (Å²) in [5.41, 5.74) is 6.00. The molecule has 1 aromatic carbocycles. The van der Waals surface area contributed by atoms with Crippen molar-refractivity contribution >= 4 is 21.6 Å². The number of benzene rings is 1. The molecule has 2 aromatic rings. The number of nitrogens with zero attached hydrogens (tertiary/aromatic N) is 1. The summed E-state index contributed by atoms with van der Waals surface area (Å²) in [6.07, 6.45) is 1.83. The smallest absolute Gasteiger partial charge is 0.278 e. The molecule has 0 saturated heterocycles. The van der Waals surface area contributed by atoms with E-state index in [9.17, 15) is 13.2 Å². The number of carbonyl (C=O) groups is 1. The maximum Gasteiger partial charge on any atom is 0.278 e. The van der Waals surface area contributed by atoms with Crippen molar-refractivity contribution in [3.05, 3.63) is 41.9 Å². The van der Waals surface area contributed by atoms with Gasteiger partial charge in [-0.3, -0.25) is 9.52 Å². The van der Waals surface area contributed by atoms with Gasteiger partial charge in [-0.15, -0.1) is 0 Å². The molecule has 0 atom stereocenters. The lowest BCUT2D eigenvalue weighted by Gasteiger charge is -2.10. The van der Waals surface area contributed by atoms with Crippen molar-refractivity contribution in [3.63, 3.8) is 0 Å². The first-order valence-electron chi connectivity index (χ1n) is 6.35. The third-order valence-corrected chi connectivity index (χ3v) is 4.13. The minimum atomic E-state index is -3.78. The van der Waals surface area contributed by atoms with E-state index in [4.69, 9.17) is 5.73 Å². The molecule has 0 aliphatic carbocycles. The summed E-state index contributed by atoms with van der Waals surface area (Å²) >= 11 is 0. The summed E-state index contributed by atoms with van der Waals surface area (Å²) < 4.78 is 27.0. The van der Waals surface area contributed by atoms with Crippen LogP contribution >= 0.6 is 0 Å². The van der Waals surface area contributed by atoms with Crippen LogP contribution in [0.3, 0.4) is 0 Å². The standard InChI is InChI=1S/C13H16N4O3S/c1-2-12-15-8-13(16-12)21(19,20)17-10-6-4-3-5-9(10)7-11(14)18/h3-6,8,17H,2,7H2,1H3,(H2,14,18)(H,15,16). The number of aryl methyl sites for hydroxylation is 1. The predicted octanol–water partition coefficient (Wildman–Crippen LogP) is 0.801. The number of imidazole rings is 1. The van der Waals surface area contributed by atoms with Crippen LogP contribution in [-0.4, -0.2) is 24.3 Å². The van der Waals surface area contributed by atoms with Crippen LogP contribution in [0.2, 0.25) is 0 Å². The maximum atomic E-state index is 12.3. The number of hydrogen-bond acceptors (Lipinski definition) is 4. The molecule has 1 heterocycles. The topological polar surface area (TPSA) is 118 Å². The molecule has 8 heteroatoms. The fourth-order valence-corrected chi connectivity index (χ4v) is 2.86. The Kier molecular flexibility index (Phi) is 4.27. The normalized spacial score (nSPS) is 11.3. The molecule has 7 nitrogen and oxygen atoms in total. The van der Waals surface area contributed by atoms with Crippen LogP contribution in [0.4, 0.5) is 5.69 Å². The molecule has 0 fully saturated rings. The van der Waals surface area contributed by atoms with Crippen LogP contribution < -0.4 is 10.5 Å². The number of aromatic amines is 1. The predicted molar refractivity (Wildman–Crippen MR) is 78.1 cm³/mol. The van der Waals surface area contributed by atoms with Crippen molar-refractivity contribution < 1.29 is 13.2 Å². The third-order valence-electron chi connectivity index (χ3n) is 2.86. The molecular formula is C13H16N4O3S. The SMILES string of the molecule is CCc1ncc(S(=O)(=O)Nc2ccccc2CC(N)=O)[nH]1. The van der Waals surface area contributed by atoms with E-state index in [1.165, 1.54) is 6.20 Å². The van der Waals surface area contributed by atoms with Crippen molar-refractivity contribution in [3.8, 4) is 0 Å². The van der Waals surface area contributed by atoms with Gasteiger partial charge in [0, 0.05) is 6.42 Å². The molecule has 21 heavy (non-hydrogen) atoms. The summed E-state index contributed by atoms with van der Waals surface area (Å²) in [5.74, 6) is 0.0530. The first-order chi connectivity index (χ1) is 9.92. The lowest BCUT2D eigenvalue weighted by atomic mass is 10.1. The van der Waals surface area contributed by atoms with Crippen molar-refractivity contribution in [1.82, 2.24) is 9.97 Å². The van der Waals surface area contributed by atoms with E-state index in [2.05, 4.69) is 14.7 Å². The Bertz CT molecular complexity index is 752. The molecule has 0 spiro atoms. The second-order valence-electron chi connectivity index (χ2n) is 4.45. The lowest BCUT2D eigenvalue weighted by molar-refractivity contribution is -0.117. The van der Waals surface area contributed by atoms with Gasteiger partial charge in [-0.25, -0.2) is 4.98 Å². The summed E-state index contributed by atoms with van der Waals surface area (Å²) in [6.45, 7) is 1.87. The number of primary amides is 1. The summed E-state index contributed by atoms with van der Waals surface area (Å²) in [4.78, 5) is 17.7. The molecule has 4 N–H and O–H groups in total. The molecule has 1 aromatic heterocycles. The van der Waals surface area contributed by atoms with Gasteiger partial charge in [0.05, 0.1) is 18.3 Å². The summed E-state index contributed by atoms with van der Waals surface area (Å²) in [6, 6.07) is 6.61. The van der Waals surface area contributed by atoms with Crippen molar-refractivity contribution in [1.29, 1.82) is 0 Å². The lowest BCUT2D eigenvalue weighted by Crippen LogP contribution is -2.18. The van der Waals surface area contributed by atoms with Crippen LogP contribution in [0.25, 0.3) is 0 Å². The third kappa shape index (κ3) is 3.60. The van der Waals surface area contributed by atoms with Crippen LogP contribution in [-0.2, 0) is 27.7 Å². The molecule has 1 amide bonds. The molecule has 0 aliphatic rings. The fourth-order valence-electron chi connectivity index (χ4n) is 1.82. The second-order valence-corrected chi connectivity index (χ2v) is 6.10. The number of nitrogens with two attached hydrogens (primary N) is 1. The zero-order chi connectivity index (χ0) is 15.5. The molecule has 0 radical (unpaired) electrons. The van der Waals surface area contributed by atoms with Gasteiger partial charge >= 0.3 is 0 Å². The number of para-hydroxylation sites is 1. The number of aromatic nitrogens is 2. The van der Waals surface area contributed by atoms with Gasteiger partial charge in [-0.1, -0.05) is 25.1 Å². The molecule has 2 rings (SSSR count). The molecule has 0 bridgehead atoms. The number of anilines is 1. The summed E-state index contributed by atoms with van der Waals surface area (Å²) in [5, 5.41) is -0.0202. The second kappa shape index (κ2) is 5.96. The Hall–Kier alpha value is -2.35. The highest BCUT2D eigenvalue weighted by Crippen LogP contribution is 2.19. The van der Waals surface area contributed by atoms with E-state index in [-0.39, 0.29) is 11.4 Å². The molecule has 112 valence electrons. The zero-order valence-corrected chi connectivity index (χ0v) is 12.3. The van der Waals surface area contributed by atoms with Crippen LogP contribution in [0.15, 0.2) is 35.5 Å². The number of amides is 1. The van der Waals surface area contributed by atoms with E-state index >= 15 is 0 Å². The Morgan fingerprint density at radius 2 is 2.10 bits per heavy atom. The minimum Gasteiger partial charge on any atom is -0.369 e. The molecule has 0 unspecified atom stereocenters. The van der Waals surface area contributed by atoms with Gasteiger partial charge in [-0.05, 0) is 11.6 Å². The van der Waals surface area contributed by atoms with Gasteiger partial charge in [-0.2, -0.15) is 8.42 Å². The van der Waals surface area contributed by atoms with Crippen molar-refractivity contribution in [2.45, 2.75) is 24.8 Å². The average Bonchev–Trinajstić information content (AvgIpc) is 2.90. The Morgan fingerprint density at radius 3 is 2.71 bits per heavy atom. The highest BCUT2D eigenvalue weighted by molar-refractivity contribution is 7.92. The van der Waals surface area contributed by atoms with Gasteiger partial charge in [0.2, 0.25) is 5.91 Å². The number of nitrogens with one attached hydrogen (secondary N) is 2. The molecule has 0 aliphatic heterocycles. The largest absolute Gasteiger partial charge is 0.369 e. The van der Waals surface area contributed by atoms with Gasteiger partial charge in [0.1, 0.15) is 5.82 Å². The van der Waals surface area contributed by atoms with E-state index in [1.54, 1.807) is 24.3 Å². The quantitative estimate of drug-likeness (QED) is 0.731. The summed E-state index contributed by atoms with van der Waals surface area (Å²) in [7, 11) is -3.78. The molecular weight excluding hydrogens is 292 g/mol. The first-order valence-corrected chi connectivity index (χ1v) is 7.83. The Balaban J connectivity index is 2.30. The van der Waals surface area contributed by atoms with E-state index < -0.39 is 15.9 Å². The van der Waals surface area contributed by atoms with E-state index in [0.717, 1.165) is 0 Å². The Morgan fingerprint density at radius 1 is 1.38 bits per heavy atom. The van der Waals surface area contributed by atoms with E-state index in [0.29, 0.717) is 23.5 Å². The monoisotopic (exact) mass is 308 g/mol. The number of H-pyrrole nitrogens is 1. The number of rotatable bonds is 6. The number of carbonyl (C=O) groups excluding carboxylic acids is 1. The van der Waals surface area contributed by atoms with Gasteiger partial charge in [0.15, 0.2) is 5.03 Å². The van der Waals surface area contributed by atoms with Crippen molar-refractivity contribution in [2.75, 3.05) is 4.72 Å². The van der Waals surface area contributed by atoms with Gasteiger partial charge in [0.25, 0.3) is 10.0 Å².